The van der Waals surface area contributed by atoms with Crippen molar-refractivity contribution in [1.29, 1.82) is 0 Å². The Morgan fingerprint density at radius 2 is 1.96 bits per heavy atom. The number of hydrogen-bond donors (Lipinski definition) is 0. The highest BCUT2D eigenvalue weighted by atomic mass is 16.5. The second-order valence-corrected chi connectivity index (χ2v) is 6.09. The molecule has 0 amide bonds. The first-order valence-electron chi connectivity index (χ1n) is 8.29. The number of hydrogen-bond acceptors (Lipinski definition) is 6. The monoisotopic (exact) mass is 316 g/mol. The summed E-state index contributed by atoms with van der Waals surface area (Å²) < 4.78 is 7.93. The maximum absolute atomic E-state index is 5.79. The van der Waals surface area contributed by atoms with Gasteiger partial charge in [0, 0.05) is 37.9 Å². The molecule has 3 rings (SSSR count). The van der Waals surface area contributed by atoms with Gasteiger partial charge in [0.2, 0.25) is 0 Å². The third-order valence-electron chi connectivity index (χ3n) is 4.14. The van der Waals surface area contributed by atoms with Crippen molar-refractivity contribution < 1.29 is 4.74 Å². The summed E-state index contributed by atoms with van der Waals surface area (Å²) in [5.74, 6) is 3.03. The molecule has 1 fully saturated rings. The number of aryl methyl sites for hydroxylation is 1. The van der Waals surface area contributed by atoms with Crippen LogP contribution < -0.4 is 9.64 Å². The first-order valence-corrected chi connectivity index (χ1v) is 8.29. The molecule has 1 aliphatic rings. The summed E-state index contributed by atoms with van der Waals surface area (Å²) in [5, 5.41) is 8.36. The summed E-state index contributed by atoms with van der Waals surface area (Å²) in [6.07, 6.45) is 7.39. The first-order chi connectivity index (χ1) is 11.2. The van der Waals surface area contributed by atoms with Gasteiger partial charge < -0.3 is 14.2 Å². The Bertz CT molecular complexity index is 633. The molecular formula is C16H24N6O. The molecule has 0 aliphatic carbocycles. The topological polar surface area (TPSA) is 69.0 Å². The molecule has 0 N–H and O–H groups in total. The quantitative estimate of drug-likeness (QED) is 0.843. The van der Waals surface area contributed by atoms with Crippen molar-refractivity contribution in [1.82, 2.24) is 24.7 Å². The number of ether oxygens (including phenoxy) is 1. The van der Waals surface area contributed by atoms with Crippen LogP contribution in [0.5, 0.6) is 5.88 Å². The molecule has 2 aromatic heterocycles. The van der Waals surface area contributed by atoms with Crippen LogP contribution in [0.2, 0.25) is 0 Å². The molecule has 0 radical (unpaired) electrons. The van der Waals surface area contributed by atoms with Crippen molar-refractivity contribution in [2.24, 2.45) is 0 Å². The number of rotatable bonds is 5. The van der Waals surface area contributed by atoms with E-state index in [1.165, 1.54) is 0 Å². The van der Waals surface area contributed by atoms with Crippen LogP contribution in [0.3, 0.4) is 0 Å². The lowest BCUT2D eigenvalue weighted by Crippen LogP contribution is -2.34. The highest BCUT2D eigenvalue weighted by molar-refractivity contribution is 5.48. The van der Waals surface area contributed by atoms with Gasteiger partial charge in [0.1, 0.15) is 12.2 Å². The lowest BCUT2D eigenvalue weighted by molar-refractivity contribution is 0.231. The fourth-order valence-electron chi connectivity index (χ4n) is 3.01. The smallest absolute Gasteiger partial charge is 0.257 e. The average Bonchev–Trinajstić information content (AvgIpc) is 3.04. The van der Waals surface area contributed by atoms with Gasteiger partial charge in [-0.05, 0) is 33.6 Å². The number of piperidine rings is 1. The molecule has 7 nitrogen and oxygen atoms in total. The van der Waals surface area contributed by atoms with Gasteiger partial charge in [0.15, 0.2) is 5.82 Å². The number of anilines is 1. The molecule has 3 heterocycles. The highest BCUT2D eigenvalue weighted by Gasteiger charge is 2.26. The minimum absolute atomic E-state index is 0.0890. The predicted molar refractivity (Wildman–Crippen MR) is 87.7 cm³/mol. The van der Waals surface area contributed by atoms with Gasteiger partial charge in [-0.25, -0.2) is 9.97 Å². The van der Waals surface area contributed by atoms with Crippen LogP contribution in [0.25, 0.3) is 0 Å². The molecule has 0 atom stereocenters. The molecule has 2 aromatic rings. The molecule has 23 heavy (non-hydrogen) atoms. The minimum atomic E-state index is 0.0890. The average molecular weight is 316 g/mol. The first kappa shape index (κ1) is 15.7. The van der Waals surface area contributed by atoms with Gasteiger partial charge in [-0.1, -0.05) is 0 Å². The van der Waals surface area contributed by atoms with E-state index in [0.717, 1.165) is 44.1 Å². The van der Waals surface area contributed by atoms with E-state index in [9.17, 15) is 0 Å². The SMILES string of the molecule is CCn1cnnc1C1CCN(c2nccnc2OC(C)C)CC1. The summed E-state index contributed by atoms with van der Waals surface area (Å²) in [6, 6.07) is 0. The third kappa shape index (κ3) is 3.43. The zero-order valence-corrected chi connectivity index (χ0v) is 14.0. The summed E-state index contributed by atoms with van der Waals surface area (Å²) in [4.78, 5) is 11.1. The molecule has 0 saturated carbocycles. The Hall–Kier alpha value is -2.18. The van der Waals surface area contributed by atoms with Crippen molar-refractivity contribution in [2.75, 3.05) is 18.0 Å². The van der Waals surface area contributed by atoms with Crippen LogP contribution in [0.1, 0.15) is 45.4 Å². The van der Waals surface area contributed by atoms with Crippen LogP contribution >= 0.6 is 0 Å². The second kappa shape index (κ2) is 6.93. The standard InChI is InChI=1S/C16H24N6O/c1-4-21-11-19-20-14(21)13-5-9-22(10-6-13)15-16(23-12(2)3)18-8-7-17-15/h7-8,11-13H,4-6,9-10H2,1-3H3. The van der Waals surface area contributed by atoms with Crippen LogP contribution in [-0.4, -0.2) is 43.9 Å². The summed E-state index contributed by atoms with van der Waals surface area (Å²) in [6.45, 7) is 8.89. The Morgan fingerprint density at radius 3 is 2.65 bits per heavy atom. The van der Waals surface area contributed by atoms with Crippen molar-refractivity contribution in [3.63, 3.8) is 0 Å². The minimum Gasteiger partial charge on any atom is -0.472 e. The van der Waals surface area contributed by atoms with Gasteiger partial charge in [-0.15, -0.1) is 10.2 Å². The predicted octanol–water partition coefficient (Wildman–Crippen LogP) is 2.26. The largest absolute Gasteiger partial charge is 0.472 e. The maximum Gasteiger partial charge on any atom is 0.257 e. The molecule has 0 bridgehead atoms. The summed E-state index contributed by atoms with van der Waals surface area (Å²) in [7, 11) is 0. The van der Waals surface area contributed by atoms with Crippen molar-refractivity contribution >= 4 is 5.82 Å². The fourth-order valence-corrected chi connectivity index (χ4v) is 3.01. The van der Waals surface area contributed by atoms with Crippen molar-refractivity contribution in [2.45, 2.75) is 52.2 Å². The number of aromatic nitrogens is 5. The van der Waals surface area contributed by atoms with E-state index in [-0.39, 0.29) is 6.10 Å². The molecule has 0 unspecified atom stereocenters. The summed E-state index contributed by atoms with van der Waals surface area (Å²) in [5.41, 5.74) is 0. The molecule has 0 spiro atoms. The van der Waals surface area contributed by atoms with Gasteiger partial charge in [0.25, 0.3) is 5.88 Å². The van der Waals surface area contributed by atoms with Crippen molar-refractivity contribution in [3.8, 4) is 5.88 Å². The van der Waals surface area contributed by atoms with E-state index >= 15 is 0 Å². The van der Waals surface area contributed by atoms with E-state index in [4.69, 9.17) is 4.74 Å². The van der Waals surface area contributed by atoms with Crippen LogP contribution in [0.4, 0.5) is 5.82 Å². The van der Waals surface area contributed by atoms with E-state index in [0.29, 0.717) is 11.8 Å². The maximum atomic E-state index is 5.79. The Balaban J connectivity index is 1.70. The number of nitrogens with zero attached hydrogens (tertiary/aromatic N) is 6. The van der Waals surface area contributed by atoms with E-state index in [2.05, 4.69) is 36.6 Å². The Morgan fingerprint density at radius 1 is 1.22 bits per heavy atom. The van der Waals surface area contributed by atoms with Crippen LogP contribution in [0, 0.1) is 0 Å². The van der Waals surface area contributed by atoms with E-state index in [1.807, 2.05) is 20.2 Å². The third-order valence-corrected chi connectivity index (χ3v) is 4.14. The van der Waals surface area contributed by atoms with Gasteiger partial charge in [-0.2, -0.15) is 0 Å². The van der Waals surface area contributed by atoms with Gasteiger partial charge in [-0.3, -0.25) is 0 Å². The Kier molecular flexibility index (Phi) is 4.73. The molecule has 0 aromatic carbocycles. The van der Waals surface area contributed by atoms with Crippen LogP contribution in [-0.2, 0) is 6.54 Å². The molecule has 7 heteroatoms. The molecule has 1 aliphatic heterocycles. The van der Waals surface area contributed by atoms with Gasteiger partial charge >= 0.3 is 0 Å². The lowest BCUT2D eigenvalue weighted by atomic mass is 9.96. The molecular weight excluding hydrogens is 292 g/mol. The van der Waals surface area contributed by atoms with Gasteiger partial charge in [0.05, 0.1) is 6.10 Å². The molecule has 124 valence electrons. The van der Waals surface area contributed by atoms with E-state index in [1.54, 1.807) is 12.4 Å². The Labute approximate surface area is 136 Å². The second-order valence-electron chi connectivity index (χ2n) is 6.09. The fraction of sp³-hybridized carbons (Fsp3) is 0.625. The molecule has 1 saturated heterocycles. The zero-order valence-electron chi connectivity index (χ0n) is 14.0. The lowest BCUT2D eigenvalue weighted by Gasteiger charge is -2.32. The summed E-state index contributed by atoms with van der Waals surface area (Å²) >= 11 is 0. The normalized spacial score (nSPS) is 16.1. The van der Waals surface area contributed by atoms with Crippen molar-refractivity contribution in [3.05, 3.63) is 24.5 Å². The highest BCUT2D eigenvalue weighted by Crippen LogP contribution is 2.31. The zero-order chi connectivity index (χ0) is 16.2. The van der Waals surface area contributed by atoms with Crippen LogP contribution in [0.15, 0.2) is 18.7 Å². The van der Waals surface area contributed by atoms with E-state index < -0.39 is 0 Å².